The zero-order valence-electron chi connectivity index (χ0n) is 11.4. The molecule has 0 radical (unpaired) electrons. The minimum absolute atomic E-state index is 0.345. The second-order valence-corrected chi connectivity index (χ2v) is 4.37. The van der Waals surface area contributed by atoms with E-state index in [1.165, 1.54) is 0 Å². The highest BCUT2D eigenvalue weighted by atomic mass is 16.5. The molecule has 20 heavy (non-hydrogen) atoms. The van der Waals surface area contributed by atoms with Gasteiger partial charge in [0.15, 0.2) is 0 Å². The Morgan fingerprint density at radius 2 is 1.85 bits per heavy atom. The number of carbonyl (C=O) groups is 1. The topological polar surface area (TPSA) is 52.3 Å². The SMILES string of the molecule is C=C(c1ccccc1)c1cc(C(=O)OCC)ccc1N. The first-order valence-electron chi connectivity index (χ1n) is 6.44. The molecule has 0 saturated heterocycles. The maximum Gasteiger partial charge on any atom is 0.338 e. The summed E-state index contributed by atoms with van der Waals surface area (Å²) in [4.78, 5) is 11.8. The van der Waals surface area contributed by atoms with Gasteiger partial charge in [-0.2, -0.15) is 0 Å². The van der Waals surface area contributed by atoms with Gasteiger partial charge in [0, 0.05) is 11.3 Å². The molecule has 2 rings (SSSR count). The van der Waals surface area contributed by atoms with Crippen molar-refractivity contribution in [2.75, 3.05) is 12.3 Å². The van der Waals surface area contributed by atoms with Crippen molar-refractivity contribution >= 4 is 17.2 Å². The minimum atomic E-state index is -0.352. The number of nitrogens with two attached hydrogens (primary N) is 1. The molecule has 2 N–H and O–H groups in total. The van der Waals surface area contributed by atoms with Crippen molar-refractivity contribution in [2.24, 2.45) is 0 Å². The van der Waals surface area contributed by atoms with Crippen molar-refractivity contribution in [3.05, 3.63) is 71.8 Å². The van der Waals surface area contributed by atoms with E-state index in [1.807, 2.05) is 30.3 Å². The number of nitrogen functional groups attached to an aromatic ring is 1. The molecular formula is C17H17NO2. The molecule has 0 aromatic heterocycles. The van der Waals surface area contributed by atoms with Gasteiger partial charge in [0.2, 0.25) is 0 Å². The summed E-state index contributed by atoms with van der Waals surface area (Å²) in [6.45, 7) is 6.19. The summed E-state index contributed by atoms with van der Waals surface area (Å²) < 4.78 is 5.00. The van der Waals surface area contributed by atoms with Gasteiger partial charge >= 0.3 is 5.97 Å². The van der Waals surface area contributed by atoms with E-state index in [4.69, 9.17) is 10.5 Å². The Kier molecular flexibility index (Phi) is 4.20. The van der Waals surface area contributed by atoms with Gasteiger partial charge < -0.3 is 10.5 Å². The third-order valence-electron chi connectivity index (χ3n) is 3.01. The smallest absolute Gasteiger partial charge is 0.338 e. The van der Waals surface area contributed by atoms with Crippen LogP contribution in [-0.2, 0) is 4.74 Å². The molecule has 0 saturated carbocycles. The van der Waals surface area contributed by atoms with Crippen LogP contribution in [0.1, 0.15) is 28.4 Å². The van der Waals surface area contributed by atoms with Crippen molar-refractivity contribution in [1.29, 1.82) is 0 Å². The largest absolute Gasteiger partial charge is 0.462 e. The van der Waals surface area contributed by atoms with Crippen LogP contribution >= 0.6 is 0 Å². The van der Waals surface area contributed by atoms with E-state index in [1.54, 1.807) is 25.1 Å². The summed E-state index contributed by atoms with van der Waals surface area (Å²) in [6, 6.07) is 14.8. The van der Waals surface area contributed by atoms with E-state index in [0.29, 0.717) is 17.9 Å². The molecule has 0 fully saturated rings. The second-order valence-electron chi connectivity index (χ2n) is 4.37. The molecule has 0 aliphatic heterocycles. The predicted octanol–water partition coefficient (Wildman–Crippen LogP) is 3.51. The van der Waals surface area contributed by atoms with Gasteiger partial charge in [-0.15, -0.1) is 0 Å². The zero-order valence-corrected chi connectivity index (χ0v) is 11.4. The Morgan fingerprint density at radius 1 is 1.15 bits per heavy atom. The van der Waals surface area contributed by atoms with Crippen LogP contribution in [0.3, 0.4) is 0 Å². The van der Waals surface area contributed by atoms with Crippen molar-refractivity contribution in [1.82, 2.24) is 0 Å². The van der Waals surface area contributed by atoms with Crippen molar-refractivity contribution in [3.63, 3.8) is 0 Å². The second kappa shape index (κ2) is 6.06. The van der Waals surface area contributed by atoms with Gasteiger partial charge in [0.25, 0.3) is 0 Å². The average molecular weight is 267 g/mol. The van der Waals surface area contributed by atoms with Crippen LogP contribution in [0.25, 0.3) is 5.57 Å². The van der Waals surface area contributed by atoms with Crippen LogP contribution in [0.15, 0.2) is 55.1 Å². The lowest BCUT2D eigenvalue weighted by Crippen LogP contribution is -2.06. The Labute approximate surface area is 118 Å². The van der Waals surface area contributed by atoms with Crippen LogP contribution in [0.2, 0.25) is 0 Å². The van der Waals surface area contributed by atoms with Crippen molar-refractivity contribution in [2.45, 2.75) is 6.92 Å². The van der Waals surface area contributed by atoms with Crippen molar-refractivity contribution in [3.8, 4) is 0 Å². The van der Waals surface area contributed by atoms with Gasteiger partial charge in [-0.05, 0) is 36.3 Å². The lowest BCUT2D eigenvalue weighted by Gasteiger charge is -2.11. The quantitative estimate of drug-likeness (QED) is 0.681. The molecule has 3 nitrogen and oxygen atoms in total. The third-order valence-corrected chi connectivity index (χ3v) is 3.01. The van der Waals surface area contributed by atoms with E-state index in [9.17, 15) is 4.79 Å². The lowest BCUT2D eigenvalue weighted by molar-refractivity contribution is 0.0526. The average Bonchev–Trinajstić information content (AvgIpc) is 2.48. The Morgan fingerprint density at radius 3 is 2.50 bits per heavy atom. The molecule has 0 unspecified atom stereocenters. The highest BCUT2D eigenvalue weighted by molar-refractivity contribution is 5.93. The molecule has 0 heterocycles. The molecule has 0 aliphatic carbocycles. The maximum atomic E-state index is 11.8. The molecule has 0 bridgehead atoms. The fraction of sp³-hybridized carbons (Fsp3) is 0.118. The Hall–Kier alpha value is -2.55. The van der Waals surface area contributed by atoms with Crippen molar-refractivity contribution < 1.29 is 9.53 Å². The highest BCUT2D eigenvalue weighted by Crippen LogP contribution is 2.27. The number of hydrogen-bond acceptors (Lipinski definition) is 3. The van der Waals surface area contributed by atoms with Gasteiger partial charge in [0.05, 0.1) is 12.2 Å². The molecule has 2 aromatic carbocycles. The summed E-state index contributed by atoms with van der Waals surface area (Å²) in [5.41, 5.74) is 9.57. The number of carbonyl (C=O) groups excluding carboxylic acids is 1. The van der Waals surface area contributed by atoms with E-state index in [0.717, 1.165) is 16.7 Å². The molecule has 2 aromatic rings. The fourth-order valence-corrected chi connectivity index (χ4v) is 1.95. The summed E-state index contributed by atoms with van der Waals surface area (Å²) in [5, 5.41) is 0. The fourth-order valence-electron chi connectivity index (χ4n) is 1.95. The van der Waals surface area contributed by atoms with Crippen LogP contribution in [0.4, 0.5) is 5.69 Å². The van der Waals surface area contributed by atoms with Crippen LogP contribution in [-0.4, -0.2) is 12.6 Å². The number of anilines is 1. The van der Waals surface area contributed by atoms with Gasteiger partial charge in [-0.3, -0.25) is 0 Å². The van der Waals surface area contributed by atoms with Crippen LogP contribution in [0, 0.1) is 0 Å². The van der Waals surface area contributed by atoms with E-state index in [2.05, 4.69) is 6.58 Å². The van der Waals surface area contributed by atoms with E-state index in [-0.39, 0.29) is 5.97 Å². The monoisotopic (exact) mass is 267 g/mol. The number of esters is 1. The maximum absolute atomic E-state index is 11.8. The molecular weight excluding hydrogens is 250 g/mol. The Bertz CT molecular complexity index is 633. The highest BCUT2D eigenvalue weighted by Gasteiger charge is 2.12. The van der Waals surface area contributed by atoms with Gasteiger partial charge in [-0.25, -0.2) is 4.79 Å². The minimum Gasteiger partial charge on any atom is -0.462 e. The first kappa shape index (κ1) is 13.9. The lowest BCUT2D eigenvalue weighted by atomic mass is 9.96. The first-order chi connectivity index (χ1) is 9.63. The Balaban J connectivity index is 2.39. The summed E-state index contributed by atoms with van der Waals surface area (Å²) in [5.74, 6) is -0.352. The molecule has 102 valence electrons. The van der Waals surface area contributed by atoms with E-state index < -0.39 is 0 Å². The molecule has 0 spiro atoms. The number of ether oxygens (including phenoxy) is 1. The number of benzene rings is 2. The standard InChI is InChI=1S/C17H17NO2/c1-3-20-17(19)14-9-10-16(18)15(11-14)12(2)13-7-5-4-6-8-13/h4-11H,2-3,18H2,1H3. The normalized spacial score (nSPS) is 10.1. The van der Waals surface area contributed by atoms with Crippen LogP contribution in [0.5, 0.6) is 0 Å². The van der Waals surface area contributed by atoms with Gasteiger partial charge in [-0.1, -0.05) is 36.9 Å². The molecule has 0 atom stereocenters. The predicted molar refractivity (Wildman–Crippen MR) is 81.4 cm³/mol. The zero-order chi connectivity index (χ0) is 14.5. The van der Waals surface area contributed by atoms with Crippen LogP contribution < -0.4 is 5.73 Å². The molecule has 3 heteroatoms. The summed E-state index contributed by atoms with van der Waals surface area (Å²) in [6.07, 6.45) is 0. The summed E-state index contributed by atoms with van der Waals surface area (Å²) in [7, 11) is 0. The number of hydrogen-bond donors (Lipinski definition) is 1. The van der Waals surface area contributed by atoms with Gasteiger partial charge in [0.1, 0.15) is 0 Å². The molecule has 0 aliphatic rings. The van der Waals surface area contributed by atoms with E-state index >= 15 is 0 Å². The molecule has 0 amide bonds. The summed E-state index contributed by atoms with van der Waals surface area (Å²) >= 11 is 0. The first-order valence-corrected chi connectivity index (χ1v) is 6.44. The third kappa shape index (κ3) is 2.88. The number of rotatable bonds is 4.